The summed E-state index contributed by atoms with van der Waals surface area (Å²) >= 11 is 0. The molecule has 0 aliphatic heterocycles. The van der Waals surface area contributed by atoms with Gasteiger partial charge in [0.05, 0.1) is 7.11 Å². The third-order valence-corrected chi connectivity index (χ3v) is 2.30. The van der Waals surface area contributed by atoms with Gasteiger partial charge in [-0.2, -0.15) is 5.26 Å². The molecule has 0 unspecified atom stereocenters. The second-order valence-corrected chi connectivity index (χ2v) is 3.57. The van der Waals surface area contributed by atoms with E-state index < -0.39 is 0 Å². The van der Waals surface area contributed by atoms with Crippen LogP contribution in [0.2, 0.25) is 0 Å². The van der Waals surface area contributed by atoms with Crippen molar-refractivity contribution in [1.29, 1.82) is 5.26 Å². The lowest BCUT2D eigenvalue weighted by Crippen LogP contribution is -2.11. The Bertz CT molecular complexity index is 436. The van der Waals surface area contributed by atoms with Crippen molar-refractivity contribution in [3.8, 4) is 17.6 Å². The number of hydrogen-bond acceptors (Lipinski definition) is 4. The summed E-state index contributed by atoms with van der Waals surface area (Å²) in [6.45, 7) is 3.88. The number of rotatable bonds is 7. The Balaban J connectivity index is 2.72. The minimum Gasteiger partial charge on any atom is -0.493 e. The van der Waals surface area contributed by atoms with Crippen LogP contribution in [0.1, 0.15) is 12.5 Å². The average Bonchev–Trinajstić information content (AvgIpc) is 2.41. The highest BCUT2D eigenvalue weighted by atomic mass is 16.5. The molecule has 0 atom stereocenters. The van der Waals surface area contributed by atoms with Gasteiger partial charge in [0.15, 0.2) is 18.1 Å². The Labute approximate surface area is 108 Å². The molecule has 4 nitrogen and oxygen atoms in total. The maximum atomic E-state index is 8.48. The number of likely N-dealkylation sites (N-methyl/N-ethyl adjacent to an activating group) is 1. The molecule has 4 heteroatoms. The fourth-order valence-corrected chi connectivity index (χ4v) is 1.44. The summed E-state index contributed by atoms with van der Waals surface area (Å²) < 4.78 is 10.5. The van der Waals surface area contributed by atoms with E-state index in [1.54, 1.807) is 7.11 Å². The number of ether oxygens (including phenoxy) is 2. The minimum absolute atomic E-state index is 0.0198. The van der Waals surface area contributed by atoms with Crippen LogP contribution >= 0.6 is 0 Å². The monoisotopic (exact) mass is 246 g/mol. The highest BCUT2D eigenvalue weighted by molar-refractivity contribution is 5.56. The van der Waals surface area contributed by atoms with Crippen molar-refractivity contribution in [2.24, 2.45) is 0 Å². The van der Waals surface area contributed by atoms with Crippen LogP contribution in [0.3, 0.4) is 0 Å². The lowest BCUT2D eigenvalue weighted by molar-refractivity contribution is 0.329. The van der Waals surface area contributed by atoms with E-state index in [1.165, 1.54) is 0 Å². The molecule has 1 aromatic rings. The molecule has 0 aliphatic rings. The maximum Gasteiger partial charge on any atom is 0.174 e. The quantitative estimate of drug-likeness (QED) is 0.749. The maximum absolute atomic E-state index is 8.48. The van der Waals surface area contributed by atoms with E-state index in [0.717, 1.165) is 18.7 Å². The van der Waals surface area contributed by atoms with Crippen LogP contribution in [0.25, 0.3) is 6.08 Å². The van der Waals surface area contributed by atoms with Gasteiger partial charge in [0.25, 0.3) is 0 Å². The second-order valence-electron chi connectivity index (χ2n) is 3.57. The molecule has 0 aromatic heterocycles. The van der Waals surface area contributed by atoms with Gasteiger partial charge in [-0.15, -0.1) is 0 Å². The van der Waals surface area contributed by atoms with Gasteiger partial charge in [-0.25, -0.2) is 0 Å². The van der Waals surface area contributed by atoms with Gasteiger partial charge in [-0.1, -0.05) is 25.1 Å². The first-order chi connectivity index (χ1) is 8.81. The molecule has 0 fully saturated rings. The molecule has 0 radical (unpaired) electrons. The summed E-state index contributed by atoms with van der Waals surface area (Å²) in [5.41, 5.74) is 1.04. The summed E-state index contributed by atoms with van der Waals surface area (Å²) in [6, 6.07) is 7.55. The predicted molar refractivity (Wildman–Crippen MR) is 71.7 cm³/mol. The van der Waals surface area contributed by atoms with Gasteiger partial charge in [-0.05, 0) is 24.2 Å². The number of hydrogen-bond donors (Lipinski definition) is 1. The normalized spacial score (nSPS) is 10.3. The third kappa shape index (κ3) is 4.48. The van der Waals surface area contributed by atoms with Crippen molar-refractivity contribution >= 4 is 6.08 Å². The predicted octanol–water partition coefficient (Wildman–Crippen LogP) is 2.22. The van der Waals surface area contributed by atoms with Gasteiger partial charge in [0, 0.05) is 6.54 Å². The Morgan fingerprint density at radius 2 is 2.22 bits per heavy atom. The molecule has 96 valence electrons. The highest BCUT2D eigenvalue weighted by Gasteiger charge is 2.03. The zero-order valence-corrected chi connectivity index (χ0v) is 10.8. The highest BCUT2D eigenvalue weighted by Crippen LogP contribution is 2.28. The summed E-state index contributed by atoms with van der Waals surface area (Å²) in [4.78, 5) is 0. The molecule has 18 heavy (non-hydrogen) atoms. The van der Waals surface area contributed by atoms with Crippen LogP contribution in [0.15, 0.2) is 24.3 Å². The average molecular weight is 246 g/mol. The summed E-state index contributed by atoms with van der Waals surface area (Å²) in [6.07, 6.45) is 4.06. The van der Waals surface area contributed by atoms with Crippen LogP contribution in [-0.4, -0.2) is 26.8 Å². The van der Waals surface area contributed by atoms with Crippen molar-refractivity contribution in [2.45, 2.75) is 6.92 Å². The Morgan fingerprint density at radius 1 is 1.39 bits per heavy atom. The van der Waals surface area contributed by atoms with Crippen molar-refractivity contribution < 1.29 is 9.47 Å². The lowest BCUT2D eigenvalue weighted by atomic mass is 10.2. The molecular weight excluding hydrogens is 228 g/mol. The van der Waals surface area contributed by atoms with E-state index in [0.29, 0.717) is 11.5 Å². The summed E-state index contributed by atoms with van der Waals surface area (Å²) in [5.74, 6) is 1.22. The number of methoxy groups -OCH3 is 1. The number of nitrogens with zero attached hydrogens (tertiary/aromatic N) is 1. The molecule has 0 heterocycles. The summed E-state index contributed by atoms with van der Waals surface area (Å²) in [7, 11) is 1.58. The van der Waals surface area contributed by atoms with E-state index in [1.807, 2.05) is 36.4 Å². The van der Waals surface area contributed by atoms with Crippen molar-refractivity contribution in [2.75, 3.05) is 26.8 Å². The molecule has 0 saturated heterocycles. The molecule has 1 N–H and O–H groups in total. The Kier molecular flexibility index (Phi) is 6.37. The number of nitriles is 1. The van der Waals surface area contributed by atoms with Crippen molar-refractivity contribution in [3.05, 3.63) is 29.8 Å². The number of benzene rings is 1. The van der Waals surface area contributed by atoms with Crippen molar-refractivity contribution in [1.82, 2.24) is 5.32 Å². The first kappa shape index (κ1) is 14.1. The second kappa shape index (κ2) is 8.15. The van der Waals surface area contributed by atoms with Crippen LogP contribution < -0.4 is 14.8 Å². The zero-order valence-electron chi connectivity index (χ0n) is 10.8. The lowest BCUT2D eigenvalue weighted by Gasteiger charge is -2.08. The van der Waals surface area contributed by atoms with Gasteiger partial charge in [0.2, 0.25) is 0 Å². The van der Waals surface area contributed by atoms with Gasteiger partial charge in [-0.3, -0.25) is 0 Å². The fourth-order valence-electron chi connectivity index (χ4n) is 1.44. The van der Waals surface area contributed by atoms with E-state index >= 15 is 0 Å². The van der Waals surface area contributed by atoms with Crippen molar-refractivity contribution in [3.63, 3.8) is 0 Å². The number of nitrogens with one attached hydrogen (secondary N) is 1. The molecule has 0 saturated carbocycles. The first-order valence-electron chi connectivity index (χ1n) is 5.86. The molecule has 0 amide bonds. The topological polar surface area (TPSA) is 54.3 Å². The van der Waals surface area contributed by atoms with E-state index in [2.05, 4.69) is 12.2 Å². The van der Waals surface area contributed by atoms with E-state index in [9.17, 15) is 0 Å². The third-order valence-electron chi connectivity index (χ3n) is 2.30. The molecule has 1 rings (SSSR count). The van der Waals surface area contributed by atoms with Crippen LogP contribution in [0.4, 0.5) is 0 Å². The van der Waals surface area contributed by atoms with Crippen LogP contribution in [0.5, 0.6) is 11.5 Å². The fraction of sp³-hybridized carbons (Fsp3) is 0.357. The smallest absolute Gasteiger partial charge is 0.174 e. The molecular formula is C14H18N2O2. The van der Waals surface area contributed by atoms with Crippen LogP contribution in [0, 0.1) is 11.3 Å². The first-order valence-corrected chi connectivity index (χ1v) is 5.86. The van der Waals surface area contributed by atoms with Gasteiger partial charge >= 0.3 is 0 Å². The minimum atomic E-state index is 0.0198. The molecule has 0 aliphatic carbocycles. The standard InChI is InChI=1S/C14H18N2O2/c1-3-16-9-4-5-12-6-7-13(18-10-8-15)14(11-12)17-2/h4-7,11,16H,3,9-10H2,1-2H3. The van der Waals surface area contributed by atoms with Gasteiger partial charge in [0.1, 0.15) is 6.07 Å². The largest absolute Gasteiger partial charge is 0.493 e. The molecule has 1 aromatic carbocycles. The molecule has 0 spiro atoms. The zero-order chi connectivity index (χ0) is 13.2. The molecule has 0 bridgehead atoms. The van der Waals surface area contributed by atoms with E-state index in [4.69, 9.17) is 14.7 Å². The summed E-state index contributed by atoms with van der Waals surface area (Å²) in [5, 5.41) is 11.7. The van der Waals surface area contributed by atoms with Gasteiger partial charge < -0.3 is 14.8 Å². The Hall–Kier alpha value is -1.99. The SMILES string of the molecule is CCNCC=Cc1ccc(OCC#N)c(OC)c1. The van der Waals surface area contributed by atoms with E-state index in [-0.39, 0.29) is 6.61 Å². The Morgan fingerprint density at radius 3 is 2.89 bits per heavy atom. The van der Waals surface area contributed by atoms with Crippen LogP contribution in [-0.2, 0) is 0 Å².